The van der Waals surface area contributed by atoms with Crippen LogP contribution < -0.4 is 5.32 Å². The average molecular weight is 372 g/mol. The number of ether oxygens (including phenoxy) is 1. The first-order valence-electron chi connectivity index (χ1n) is 8.42. The fraction of sp³-hybridized carbons (Fsp3) is 0.588. The number of carbonyl (C=O) groups excluding carboxylic acids is 1. The summed E-state index contributed by atoms with van der Waals surface area (Å²) in [5.41, 5.74) is 0.929. The number of sulfonamides is 1. The van der Waals surface area contributed by atoms with Crippen molar-refractivity contribution in [1.29, 1.82) is 0 Å². The highest BCUT2D eigenvalue weighted by Crippen LogP contribution is 2.15. The minimum absolute atomic E-state index is 0.0868. The fourth-order valence-electron chi connectivity index (χ4n) is 2.72. The van der Waals surface area contributed by atoms with Crippen LogP contribution in [-0.2, 0) is 26.0 Å². The molecule has 1 aromatic carbocycles. The second kappa shape index (κ2) is 9.26. The molecular formula is C17H25FN2O4S. The number of nitrogens with zero attached hydrogens (tertiary/aromatic N) is 1. The topological polar surface area (TPSA) is 75.7 Å². The summed E-state index contributed by atoms with van der Waals surface area (Å²) in [5, 5.41) is 2.76. The predicted octanol–water partition coefficient (Wildman–Crippen LogP) is 1.32. The minimum Gasteiger partial charge on any atom is -0.377 e. The molecule has 0 bridgehead atoms. The third-order valence-electron chi connectivity index (χ3n) is 4.14. The van der Waals surface area contributed by atoms with Crippen molar-refractivity contribution < 1.29 is 22.3 Å². The van der Waals surface area contributed by atoms with Crippen LogP contribution in [0.4, 0.5) is 4.39 Å². The van der Waals surface area contributed by atoms with E-state index in [4.69, 9.17) is 4.74 Å². The molecule has 0 spiro atoms. The standard InChI is InChI=1S/C17H25FN2O4S/c1-25(22,23)20(13-16-3-2-12-24-16)11-9-17(21)19-10-8-14-4-6-15(18)7-5-14/h4-7,16H,2-3,8-13H2,1H3,(H,19,21). The Kier molecular flexibility index (Phi) is 7.34. The van der Waals surface area contributed by atoms with Gasteiger partial charge in [0, 0.05) is 32.7 Å². The summed E-state index contributed by atoms with van der Waals surface area (Å²) in [6, 6.07) is 6.11. The largest absolute Gasteiger partial charge is 0.377 e. The lowest BCUT2D eigenvalue weighted by atomic mass is 10.1. The highest BCUT2D eigenvalue weighted by Gasteiger charge is 2.24. The Bertz CT molecular complexity index is 658. The summed E-state index contributed by atoms with van der Waals surface area (Å²) >= 11 is 0. The van der Waals surface area contributed by atoms with E-state index in [1.165, 1.54) is 16.4 Å². The van der Waals surface area contributed by atoms with E-state index < -0.39 is 10.0 Å². The van der Waals surface area contributed by atoms with E-state index in [1.807, 2.05) is 0 Å². The lowest BCUT2D eigenvalue weighted by molar-refractivity contribution is -0.121. The third kappa shape index (κ3) is 7.09. The zero-order valence-electron chi connectivity index (χ0n) is 14.4. The molecular weight excluding hydrogens is 347 g/mol. The molecule has 0 radical (unpaired) electrons. The van der Waals surface area contributed by atoms with Gasteiger partial charge in [-0.3, -0.25) is 4.79 Å². The molecule has 0 aliphatic carbocycles. The van der Waals surface area contributed by atoms with Crippen LogP contribution in [0.1, 0.15) is 24.8 Å². The molecule has 140 valence electrons. The van der Waals surface area contributed by atoms with Crippen LogP contribution in [0.3, 0.4) is 0 Å². The van der Waals surface area contributed by atoms with Crippen LogP contribution in [0.25, 0.3) is 0 Å². The highest BCUT2D eigenvalue weighted by atomic mass is 32.2. The number of amides is 1. The fourth-order valence-corrected chi connectivity index (χ4v) is 3.58. The maximum atomic E-state index is 12.8. The van der Waals surface area contributed by atoms with Gasteiger partial charge in [-0.1, -0.05) is 12.1 Å². The van der Waals surface area contributed by atoms with Gasteiger partial charge in [0.15, 0.2) is 0 Å². The van der Waals surface area contributed by atoms with Crippen molar-refractivity contribution >= 4 is 15.9 Å². The zero-order chi connectivity index (χ0) is 18.3. The third-order valence-corrected chi connectivity index (χ3v) is 5.41. The van der Waals surface area contributed by atoms with Gasteiger partial charge in [0.1, 0.15) is 5.82 Å². The molecule has 1 fully saturated rings. The lowest BCUT2D eigenvalue weighted by Crippen LogP contribution is -2.39. The number of rotatable bonds is 9. The molecule has 0 saturated carbocycles. The molecule has 1 aliphatic rings. The Morgan fingerprint density at radius 2 is 2.08 bits per heavy atom. The second-order valence-corrected chi connectivity index (χ2v) is 8.21. The van der Waals surface area contributed by atoms with Crippen molar-refractivity contribution in [3.63, 3.8) is 0 Å². The van der Waals surface area contributed by atoms with Crippen molar-refractivity contribution in [2.75, 3.05) is 32.5 Å². The van der Waals surface area contributed by atoms with E-state index >= 15 is 0 Å². The molecule has 1 unspecified atom stereocenters. The number of halogens is 1. The molecule has 1 aliphatic heterocycles. The van der Waals surface area contributed by atoms with Gasteiger partial charge < -0.3 is 10.1 Å². The molecule has 8 heteroatoms. The number of benzene rings is 1. The lowest BCUT2D eigenvalue weighted by Gasteiger charge is -2.22. The van der Waals surface area contributed by atoms with Crippen molar-refractivity contribution in [3.8, 4) is 0 Å². The quantitative estimate of drug-likeness (QED) is 0.709. The molecule has 1 amide bonds. The summed E-state index contributed by atoms with van der Waals surface area (Å²) in [6.45, 7) is 1.52. The summed E-state index contributed by atoms with van der Waals surface area (Å²) in [4.78, 5) is 11.9. The number of hydrogen-bond donors (Lipinski definition) is 1. The molecule has 2 rings (SSSR count). The van der Waals surface area contributed by atoms with Gasteiger partial charge in [-0.25, -0.2) is 12.8 Å². The van der Waals surface area contributed by atoms with E-state index in [9.17, 15) is 17.6 Å². The minimum atomic E-state index is -3.38. The van der Waals surface area contributed by atoms with Gasteiger partial charge in [-0.2, -0.15) is 4.31 Å². The molecule has 1 saturated heterocycles. The van der Waals surface area contributed by atoms with Crippen LogP contribution >= 0.6 is 0 Å². The molecule has 0 aromatic heterocycles. The maximum Gasteiger partial charge on any atom is 0.221 e. The van der Waals surface area contributed by atoms with E-state index in [2.05, 4.69) is 5.32 Å². The molecule has 1 heterocycles. The van der Waals surface area contributed by atoms with Gasteiger partial charge in [-0.05, 0) is 37.0 Å². The summed E-state index contributed by atoms with van der Waals surface area (Å²) in [6.07, 6.45) is 3.54. The normalized spacial score (nSPS) is 17.8. The monoisotopic (exact) mass is 372 g/mol. The highest BCUT2D eigenvalue weighted by molar-refractivity contribution is 7.88. The first-order chi connectivity index (χ1) is 11.8. The number of hydrogen-bond acceptors (Lipinski definition) is 4. The number of nitrogens with one attached hydrogen (secondary N) is 1. The Morgan fingerprint density at radius 1 is 1.36 bits per heavy atom. The Balaban J connectivity index is 1.73. The van der Waals surface area contributed by atoms with E-state index in [1.54, 1.807) is 12.1 Å². The van der Waals surface area contributed by atoms with Gasteiger partial charge in [0.2, 0.25) is 15.9 Å². The van der Waals surface area contributed by atoms with E-state index in [0.29, 0.717) is 26.1 Å². The molecule has 1 atom stereocenters. The Labute approximate surface area is 148 Å². The van der Waals surface area contributed by atoms with Gasteiger partial charge in [0.25, 0.3) is 0 Å². The molecule has 6 nitrogen and oxygen atoms in total. The van der Waals surface area contributed by atoms with Crippen molar-refractivity contribution in [3.05, 3.63) is 35.6 Å². The van der Waals surface area contributed by atoms with Crippen LogP contribution in [0, 0.1) is 5.82 Å². The average Bonchev–Trinajstić information content (AvgIpc) is 3.05. The number of carbonyl (C=O) groups is 1. The first kappa shape index (κ1) is 19.8. The van der Waals surface area contributed by atoms with Crippen LogP contribution in [0.15, 0.2) is 24.3 Å². The summed E-state index contributed by atoms with van der Waals surface area (Å²) in [7, 11) is -3.38. The second-order valence-electron chi connectivity index (χ2n) is 6.23. The zero-order valence-corrected chi connectivity index (χ0v) is 15.2. The molecule has 1 aromatic rings. The Morgan fingerprint density at radius 3 is 2.68 bits per heavy atom. The SMILES string of the molecule is CS(=O)(=O)N(CCC(=O)NCCc1ccc(F)cc1)CC1CCCO1. The van der Waals surface area contributed by atoms with Gasteiger partial charge in [0.05, 0.1) is 12.4 Å². The maximum absolute atomic E-state index is 12.8. The smallest absolute Gasteiger partial charge is 0.221 e. The predicted molar refractivity (Wildman–Crippen MR) is 93.1 cm³/mol. The van der Waals surface area contributed by atoms with Crippen molar-refractivity contribution in [2.45, 2.75) is 31.8 Å². The van der Waals surface area contributed by atoms with Crippen LogP contribution in [0.5, 0.6) is 0 Å². The Hall–Kier alpha value is -1.51. The van der Waals surface area contributed by atoms with Crippen molar-refractivity contribution in [2.24, 2.45) is 0 Å². The summed E-state index contributed by atoms with van der Waals surface area (Å²) < 4.78 is 43.3. The van der Waals surface area contributed by atoms with Crippen molar-refractivity contribution in [1.82, 2.24) is 9.62 Å². The molecule has 1 N–H and O–H groups in total. The van der Waals surface area contributed by atoms with Gasteiger partial charge in [-0.15, -0.1) is 0 Å². The molecule has 25 heavy (non-hydrogen) atoms. The van der Waals surface area contributed by atoms with E-state index in [0.717, 1.165) is 24.7 Å². The summed E-state index contributed by atoms with van der Waals surface area (Å²) in [5.74, 6) is -0.497. The van der Waals surface area contributed by atoms with Crippen LogP contribution in [-0.4, -0.2) is 57.2 Å². The van der Waals surface area contributed by atoms with E-state index in [-0.39, 0.29) is 30.8 Å². The first-order valence-corrected chi connectivity index (χ1v) is 10.3. The van der Waals surface area contributed by atoms with Gasteiger partial charge >= 0.3 is 0 Å². The van der Waals surface area contributed by atoms with Crippen LogP contribution in [0.2, 0.25) is 0 Å².